The van der Waals surface area contributed by atoms with Crippen molar-refractivity contribution in [2.45, 2.75) is 39.0 Å². The lowest BCUT2D eigenvalue weighted by atomic mass is 9.82. The summed E-state index contributed by atoms with van der Waals surface area (Å²) in [4.78, 5) is 8.08. The van der Waals surface area contributed by atoms with E-state index in [2.05, 4.69) is 55.0 Å². The van der Waals surface area contributed by atoms with Gasteiger partial charge in [0.05, 0.1) is 16.9 Å². The van der Waals surface area contributed by atoms with Crippen molar-refractivity contribution in [3.05, 3.63) is 57.6 Å². The highest BCUT2D eigenvalue weighted by Gasteiger charge is 2.17. The van der Waals surface area contributed by atoms with Gasteiger partial charge in [0.15, 0.2) is 0 Å². The summed E-state index contributed by atoms with van der Waals surface area (Å²) in [5.41, 5.74) is 3.61. The van der Waals surface area contributed by atoms with Crippen molar-refractivity contribution >= 4 is 23.2 Å². The molecule has 2 rings (SSSR count). The van der Waals surface area contributed by atoms with Crippen molar-refractivity contribution in [3.63, 3.8) is 0 Å². The number of benzene rings is 1. The van der Waals surface area contributed by atoms with Gasteiger partial charge in [-0.05, 0) is 41.0 Å². The number of nitrogens with zero attached hydrogens (tertiary/aromatic N) is 2. The number of hydrogen-bond donors (Lipinski definition) is 0. The Morgan fingerprint density at radius 2 is 1.75 bits per heavy atom. The van der Waals surface area contributed by atoms with Crippen LogP contribution >= 0.6 is 23.2 Å². The first-order valence-corrected chi connectivity index (χ1v) is 7.39. The Morgan fingerprint density at radius 1 is 1.05 bits per heavy atom. The summed E-state index contributed by atoms with van der Waals surface area (Å²) in [7, 11) is 0. The standard InChI is InChI=1S/C16H18Cl2N2/c1-16(2,3)12-7-5-4-6-11(12)8-9-14-13(17)10-19-15(18)20-14/h4-7,10H,8-9H2,1-3H3. The van der Waals surface area contributed by atoms with Gasteiger partial charge in [0.2, 0.25) is 5.28 Å². The smallest absolute Gasteiger partial charge is 0.222 e. The van der Waals surface area contributed by atoms with Crippen LogP contribution in [0.1, 0.15) is 37.6 Å². The lowest BCUT2D eigenvalue weighted by Gasteiger charge is -2.23. The third kappa shape index (κ3) is 3.71. The van der Waals surface area contributed by atoms with Gasteiger partial charge < -0.3 is 0 Å². The fourth-order valence-corrected chi connectivity index (χ4v) is 2.61. The van der Waals surface area contributed by atoms with Gasteiger partial charge in [-0.3, -0.25) is 0 Å². The molecule has 2 nitrogen and oxygen atoms in total. The van der Waals surface area contributed by atoms with Gasteiger partial charge >= 0.3 is 0 Å². The highest BCUT2D eigenvalue weighted by atomic mass is 35.5. The molecule has 0 radical (unpaired) electrons. The lowest BCUT2D eigenvalue weighted by Crippen LogP contribution is -2.14. The molecule has 0 bridgehead atoms. The van der Waals surface area contributed by atoms with Gasteiger partial charge in [0, 0.05) is 0 Å². The Kier molecular flexibility index (Phi) is 4.66. The topological polar surface area (TPSA) is 25.8 Å². The summed E-state index contributed by atoms with van der Waals surface area (Å²) in [6.07, 6.45) is 3.20. The summed E-state index contributed by atoms with van der Waals surface area (Å²) in [6, 6.07) is 8.50. The Hall–Kier alpha value is -1.12. The molecule has 0 unspecified atom stereocenters. The van der Waals surface area contributed by atoms with Gasteiger partial charge in [-0.1, -0.05) is 56.6 Å². The van der Waals surface area contributed by atoms with Crippen LogP contribution < -0.4 is 0 Å². The number of halogens is 2. The zero-order chi connectivity index (χ0) is 14.8. The molecule has 1 aromatic heterocycles. The van der Waals surface area contributed by atoms with Crippen molar-refractivity contribution in [2.75, 3.05) is 0 Å². The van der Waals surface area contributed by atoms with Gasteiger partial charge in [0.1, 0.15) is 0 Å². The molecule has 0 atom stereocenters. The molecule has 1 aromatic carbocycles. The summed E-state index contributed by atoms with van der Waals surface area (Å²) < 4.78 is 0. The van der Waals surface area contributed by atoms with E-state index in [1.807, 2.05) is 0 Å². The Labute approximate surface area is 130 Å². The third-order valence-corrected chi connectivity index (χ3v) is 3.74. The second-order valence-electron chi connectivity index (χ2n) is 5.84. The van der Waals surface area contributed by atoms with E-state index in [9.17, 15) is 0 Å². The Morgan fingerprint density at radius 3 is 2.45 bits per heavy atom. The van der Waals surface area contributed by atoms with E-state index in [-0.39, 0.29) is 10.7 Å². The van der Waals surface area contributed by atoms with E-state index < -0.39 is 0 Å². The first kappa shape index (κ1) is 15.3. The summed E-state index contributed by atoms with van der Waals surface area (Å²) in [5, 5.41) is 0.816. The lowest BCUT2D eigenvalue weighted by molar-refractivity contribution is 0.581. The molecule has 20 heavy (non-hydrogen) atoms. The molecular weight excluding hydrogens is 291 g/mol. The monoisotopic (exact) mass is 308 g/mol. The zero-order valence-electron chi connectivity index (χ0n) is 12.0. The summed E-state index contributed by atoms with van der Waals surface area (Å²) in [6.45, 7) is 6.67. The molecule has 2 aromatic rings. The Bertz CT molecular complexity index is 604. The molecule has 106 valence electrons. The van der Waals surface area contributed by atoms with Crippen molar-refractivity contribution in [2.24, 2.45) is 0 Å². The average molecular weight is 309 g/mol. The maximum absolute atomic E-state index is 6.11. The van der Waals surface area contributed by atoms with Crippen LogP contribution in [0, 0.1) is 0 Å². The number of rotatable bonds is 3. The highest BCUT2D eigenvalue weighted by molar-refractivity contribution is 6.31. The zero-order valence-corrected chi connectivity index (χ0v) is 13.5. The molecule has 4 heteroatoms. The minimum absolute atomic E-state index is 0.129. The van der Waals surface area contributed by atoms with E-state index in [0.717, 1.165) is 18.5 Å². The average Bonchev–Trinajstić information content (AvgIpc) is 2.39. The molecule has 0 spiro atoms. The van der Waals surface area contributed by atoms with E-state index >= 15 is 0 Å². The molecule has 0 amide bonds. The van der Waals surface area contributed by atoms with E-state index in [4.69, 9.17) is 23.2 Å². The molecule has 0 aliphatic rings. The maximum atomic E-state index is 6.11. The minimum Gasteiger partial charge on any atom is -0.225 e. The van der Waals surface area contributed by atoms with Crippen molar-refractivity contribution in [1.82, 2.24) is 9.97 Å². The van der Waals surface area contributed by atoms with Crippen LogP contribution in [0.4, 0.5) is 0 Å². The third-order valence-electron chi connectivity index (χ3n) is 3.24. The minimum atomic E-state index is 0.129. The molecule has 0 saturated carbocycles. The van der Waals surface area contributed by atoms with Crippen LogP contribution in [0.25, 0.3) is 0 Å². The summed E-state index contributed by atoms with van der Waals surface area (Å²) in [5.74, 6) is 0. The van der Waals surface area contributed by atoms with Crippen molar-refractivity contribution in [3.8, 4) is 0 Å². The first-order chi connectivity index (χ1) is 9.38. The second kappa shape index (κ2) is 6.11. The van der Waals surface area contributed by atoms with Gasteiger partial charge in [-0.15, -0.1) is 0 Å². The molecule has 0 saturated heterocycles. The van der Waals surface area contributed by atoms with Gasteiger partial charge in [-0.2, -0.15) is 0 Å². The van der Waals surface area contributed by atoms with Crippen LogP contribution in [0.5, 0.6) is 0 Å². The van der Waals surface area contributed by atoms with Crippen LogP contribution in [0.2, 0.25) is 10.3 Å². The number of hydrogen-bond acceptors (Lipinski definition) is 2. The Balaban J connectivity index is 2.21. The SMILES string of the molecule is CC(C)(C)c1ccccc1CCc1nc(Cl)ncc1Cl. The first-order valence-electron chi connectivity index (χ1n) is 6.63. The van der Waals surface area contributed by atoms with Crippen LogP contribution in [-0.4, -0.2) is 9.97 Å². The molecule has 0 fully saturated rings. The highest BCUT2D eigenvalue weighted by Crippen LogP contribution is 2.27. The summed E-state index contributed by atoms with van der Waals surface area (Å²) >= 11 is 11.9. The van der Waals surface area contributed by atoms with E-state index in [0.29, 0.717) is 5.02 Å². The number of aromatic nitrogens is 2. The predicted octanol–water partition coefficient (Wildman–Crippen LogP) is 4.87. The number of aryl methyl sites for hydroxylation is 2. The van der Waals surface area contributed by atoms with Crippen LogP contribution in [-0.2, 0) is 18.3 Å². The van der Waals surface area contributed by atoms with E-state index in [1.54, 1.807) is 6.20 Å². The van der Waals surface area contributed by atoms with Gasteiger partial charge in [-0.25, -0.2) is 9.97 Å². The fraction of sp³-hybridized carbons (Fsp3) is 0.375. The van der Waals surface area contributed by atoms with Crippen LogP contribution in [0.3, 0.4) is 0 Å². The molecule has 1 heterocycles. The molecular formula is C16H18Cl2N2. The van der Waals surface area contributed by atoms with Crippen molar-refractivity contribution < 1.29 is 0 Å². The van der Waals surface area contributed by atoms with Crippen molar-refractivity contribution in [1.29, 1.82) is 0 Å². The van der Waals surface area contributed by atoms with Gasteiger partial charge in [0.25, 0.3) is 0 Å². The normalized spacial score (nSPS) is 11.7. The largest absolute Gasteiger partial charge is 0.225 e. The quantitative estimate of drug-likeness (QED) is 0.756. The molecule has 0 N–H and O–H groups in total. The molecule has 0 aliphatic heterocycles. The fourth-order valence-electron chi connectivity index (χ4n) is 2.28. The second-order valence-corrected chi connectivity index (χ2v) is 6.59. The predicted molar refractivity (Wildman–Crippen MR) is 84.6 cm³/mol. The maximum Gasteiger partial charge on any atom is 0.222 e. The molecule has 0 aliphatic carbocycles. The van der Waals surface area contributed by atoms with Crippen LogP contribution in [0.15, 0.2) is 30.5 Å². The van der Waals surface area contributed by atoms with E-state index in [1.165, 1.54) is 11.1 Å².